The summed E-state index contributed by atoms with van der Waals surface area (Å²) in [4.78, 5) is 18.2. The number of aryl methyl sites for hydroxylation is 1. The molecular formula is C14H17N3O2S. The average Bonchev–Trinajstić information content (AvgIpc) is 2.90. The Bertz CT molecular complexity index is 598. The minimum Gasteiger partial charge on any atom is -0.351 e. The van der Waals surface area contributed by atoms with Gasteiger partial charge in [0.25, 0.3) is 0 Å². The number of likely N-dealkylation sites (N-methyl/N-ethyl adjacent to an activating group) is 1. The van der Waals surface area contributed by atoms with Gasteiger partial charge in [-0.1, -0.05) is 6.07 Å². The van der Waals surface area contributed by atoms with E-state index in [0.717, 1.165) is 12.0 Å². The summed E-state index contributed by atoms with van der Waals surface area (Å²) in [5.74, 6) is 0.421. The zero-order valence-electron chi connectivity index (χ0n) is 11.7. The van der Waals surface area contributed by atoms with Crippen molar-refractivity contribution in [2.24, 2.45) is 0 Å². The highest BCUT2D eigenvalue weighted by atomic mass is 32.1. The Morgan fingerprint density at radius 1 is 1.55 bits per heavy atom. The van der Waals surface area contributed by atoms with E-state index >= 15 is 0 Å². The Kier molecular flexibility index (Phi) is 4.34. The van der Waals surface area contributed by atoms with Crippen molar-refractivity contribution in [3.63, 3.8) is 0 Å². The Morgan fingerprint density at radius 3 is 2.90 bits per heavy atom. The van der Waals surface area contributed by atoms with E-state index in [-0.39, 0.29) is 16.7 Å². The third-order valence-corrected chi connectivity index (χ3v) is 4.15. The van der Waals surface area contributed by atoms with Crippen molar-refractivity contribution in [3.8, 4) is 0 Å². The summed E-state index contributed by atoms with van der Waals surface area (Å²) < 4.78 is 0. The first kappa shape index (κ1) is 14.5. The molecule has 0 aliphatic heterocycles. The zero-order valence-corrected chi connectivity index (χ0v) is 12.6. The molecule has 0 fully saturated rings. The molecule has 5 nitrogen and oxygen atoms in total. The Hall–Kier alpha value is -1.95. The Morgan fingerprint density at radius 2 is 2.30 bits per heavy atom. The molecule has 0 N–H and O–H groups in total. The monoisotopic (exact) mass is 291 g/mol. The van der Waals surface area contributed by atoms with E-state index in [9.17, 15) is 10.1 Å². The summed E-state index contributed by atoms with van der Waals surface area (Å²) in [6.45, 7) is 3.85. The van der Waals surface area contributed by atoms with Crippen LogP contribution in [0.4, 0.5) is 11.5 Å². The maximum atomic E-state index is 11.2. The molecule has 0 saturated heterocycles. The third-order valence-electron chi connectivity index (χ3n) is 3.25. The first-order valence-electron chi connectivity index (χ1n) is 6.35. The van der Waals surface area contributed by atoms with Crippen molar-refractivity contribution < 1.29 is 4.92 Å². The summed E-state index contributed by atoms with van der Waals surface area (Å²) >= 11 is 1.70. The molecule has 6 heteroatoms. The van der Waals surface area contributed by atoms with E-state index in [2.05, 4.69) is 11.1 Å². The predicted octanol–water partition coefficient (Wildman–Crippen LogP) is 3.43. The van der Waals surface area contributed by atoms with Gasteiger partial charge in [-0.05, 0) is 30.9 Å². The SMILES string of the molecule is Cc1cnc(N(C)C(C)Cc2cccs2)c([N+](=O)[O-])c1. The highest BCUT2D eigenvalue weighted by molar-refractivity contribution is 7.09. The number of rotatable bonds is 5. The number of pyridine rings is 1. The van der Waals surface area contributed by atoms with Crippen LogP contribution in [-0.2, 0) is 6.42 Å². The molecule has 0 saturated carbocycles. The highest BCUT2D eigenvalue weighted by Crippen LogP contribution is 2.27. The Labute approximate surface area is 122 Å². The van der Waals surface area contributed by atoms with Gasteiger partial charge in [-0.25, -0.2) is 4.98 Å². The quantitative estimate of drug-likeness (QED) is 0.625. The van der Waals surface area contributed by atoms with E-state index in [1.54, 1.807) is 30.5 Å². The summed E-state index contributed by atoms with van der Waals surface area (Å²) in [7, 11) is 1.85. The van der Waals surface area contributed by atoms with E-state index < -0.39 is 0 Å². The molecule has 0 amide bonds. The number of aromatic nitrogens is 1. The average molecular weight is 291 g/mol. The third kappa shape index (κ3) is 3.14. The largest absolute Gasteiger partial charge is 0.351 e. The molecule has 0 bridgehead atoms. The molecule has 1 unspecified atom stereocenters. The molecule has 0 radical (unpaired) electrons. The number of anilines is 1. The van der Waals surface area contributed by atoms with Gasteiger partial charge in [-0.15, -0.1) is 11.3 Å². The van der Waals surface area contributed by atoms with Crippen LogP contribution in [-0.4, -0.2) is 23.0 Å². The zero-order chi connectivity index (χ0) is 14.7. The molecule has 0 aromatic carbocycles. The van der Waals surface area contributed by atoms with E-state index in [4.69, 9.17) is 0 Å². The lowest BCUT2D eigenvalue weighted by Crippen LogP contribution is -2.31. The van der Waals surface area contributed by atoms with Crippen LogP contribution in [0, 0.1) is 17.0 Å². The number of hydrogen-bond acceptors (Lipinski definition) is 5. The lowest BCUT2D eigenvalue weighted by atomic mass is 10.1. The second-order valence-electron chi connectivity index (χ2n) is 4.86. The van der Waals surface area contributed by atoms with Crippen molar-refractivity contribution in [1.29, 1.82) is 0 Å². The summed E-state index contributed by atoms with van der Waals surface area (Å²) in [6, 6.07) is 5.80. The van der Waals surface area contributed by atoms with Crippen molar-refractivity contribution in [1.82, 2.24) is 4.98 Å². The summed E-state index contributed by atoms with van der Waals surface area (Å²) in [6.07, 6.45) is 2.51. The molecule has 2 heterocycles. The summed E-state index contributed by atoms with van der Waals surface area (Å²) in [5, 5.41) is 13.2. The molecule has 2 aromatic rings. The van der Waals surface area contributed by atoms with Crippen LogP contribution < -0.4 is 4.90 Å². The number of thiophene rings is 1. The fraction of sp³-hybridized carbons (Fsp3) is 0.357. The van der Waals surface area contributed by atoms with Crippen LogP contribution in [0.1, 0.15) is 17.4 Å². The van der Waals surface area contributed by atoms with Gasteiger partial charge in [0.1, 0.15) is 0 Å². The maximum absolute atomic E-state index is 11.2. The van der Waals surface area contributed by atoms with Gasteiger partial charge in [0.05, 0.1) is 4.92 Å². The smallest absolute Gasteiger partial charge is 0.311 e. The normalized spacial score (nSPS) is 12.2. The topological polar surface area (TPSA) is 59.3 Å². The van der Waals surface area contributed by atoms with Gasteiger partial charge in [0.2, 0.25) is 5.82 Å². The lowest BCUT2D eigenvalue weighted by molar-refractivity contribution is -0.384. The van der Waals surface area contributed by atoms with Crippen LogP contribution in [0.2, 0.25) is 0 Å². The molecule has 2 rings (SSSR count). The minimum atomic E-state index is -0.371. The van der Waals surface area contributed by atoms with Crippen LogP contribution in [0.3, 0.4) is 0 Å². The molecule has 106 valence electrons. The van der Waals surface area contributed by atoms with Gasteiger partial charge < -0.3 is 4.90 Å². The van der Waals surface area contributed by atoms with Crippen LogP contribution >= 0.6 is 11.3 Å². The fourth-order valence-corrected chi connectivity index (χ4v) is 2.84. The second-order valence-corrected chi connectivity index (χ2v) is 5.89. The van der Waals surface area contributed by atoms with Crippen molar-refractivity contribution >= 4 is 22.8 Å². The van der Waals surface area contributed by atoms with Crippen LogP contribution in [0.25, 0.3) is 0 Å². The number of nitro groups is 1. The molecule has 20 heavy (non-hydrogen) atoms. The van der Waals surface area contributed by atoms with E-state index in [0.29, 0.717) is 5.82 Å². The van der Waals surface area contributed by atoms with Gasteiger partial charge in [-0.3, -0.25) is 10.1 Å². The van der Waals surface area contributed by atoms with Crippen molar-refractivity contribution in [2.45, 2.75) is 26.3 Å². The fourth-order valence-electron chi connectivity index (χ4n) is 2.02. The van der Waals surface area contributed by atoms with Gasteiger partial charge in [-0.2, -0.15) is 0 Å². The highest BCUT2D eigenvalue weighted by Gasteiger charge is 2.22. The molecule has 1 atom stereocenters. The molecule has 0 aliphatic carbocycles. The molecular weight excluding hydrogens is 274 g/mol. The lowest BCUT2D eigenvalue weighted by Gasteiger charge is -2.25. The number of hydrogen-bond donors (Lipinski definition) is 0. The first-order valence-corrected chi connectivity index (χ1v) is 7.23. The molecule has 2 aromatic heterocycles. The maximum Gasteiger partial charge on any atom is 0.311 e. The van der Waals surface area contributed by atoms with Crippen LogP contribution in [0.15, 0.2) is 29.8 Å². The number of nitrogens with zero attached hydrogens (tertiary/aromatic N) is 3. The van der Waals surface area contributed by atoms with Gasteiger partial charge in [0, 0.05) is 36.7 Å². The summed E-state index contributed by atoms with van der Waals surface area (Å²) in [5.41, 5.74) is 0.852. The molecule has 0 spiro atoms. The Balaban J connectivity index is 2.24. The molecule has 0 aliphatic rings. The van der Waals surface area contributed by atoms with Gasteiger partial charge >= 0.3 is 5.69 Å². The van der Waals surface area contributed by atoms with Crippen molar-refractivity contribution in [3.05, 3.63) is 50.3 Å². The van der Waals surface area contributed by atoms with Crippen molar-refractivity contribution in [2.75, 3.05) is 11.9 Å². The standard InChI is InChI=1S/C14H17N3O2S/c1-10-7-13(17(18)19)14(15-9-10)16(3)11(2)8-12-5-4-6-20-12/h4-7,9,11H,8H2,1-3H3. The van der Waals surface area contributed by atoms with E-state index in [1.807, 2.05) is 30.3 Å². The minimum absolute atomic E-state index is 0.0607. The van der Waals surface area contributed by atoms with Crippen LogP contribution in [0.5, 0.6) is 0 Å². The predicted molar refractivity (Wildman–Crippen MR) is 81.5 cm³/mol. The van der Waals surface area contributed by atoms with E-state index in [1.165, 1.54) is 4.88 Å². The van der Waals surface area contributed by atoms with Gasteiger partial charge in [0.15, 0.2) is 0 Å². The second kappa shape index (κ2) is 6.00. The first-order chi connectivity index (χ1) is 9.49.